The van der Waals surface area contributed by atoms with Crippen LogP contribution in [0.4, 0.5) is 0 Å². The third-order valence-corrected chi connectivity index (χ3v) is 4.07. The molecular formula is C16H23N3. The van der Waals surface area contributed by atoms with Gasteiger partial charge in [0.2, 0.25) is 0 Å². The molecule has 0 aromatic heterocycles. The second kappa shape index (κ2) is 6.70. The maximum Gasteiger partial charge on any atom is 0.0991 e. The van der Waals surface area contributed by atoms with Crippen molar-refractivity contribution in [2.24, 2.45) is 5.92 Å². The Morgan fingerprint density at radius 2 is 2.16 bits per heavy atom. The van der Waals surface area contributed by atoms with Crippen LogP contribution < -0.4 is 5.32 Å². The maximum atomic E-state index is 8.93. The molecule has 0 radical (unpaired) electrons. The van der Waals surface area contributed by atoms with Crippen LogP contribution in [-0.2, 0) is 0 Å². The molecule has 1 aromatic rings. The predicted molar refractivity (Wildman–Crippen MR) is 77.8 cm³/mol. The molecule has 1 aliphatic rings. The normalized spacial score (nSPS) is 19.0. The first kappa shape index (κ1) is 14.0. The zero-order valence-corrected chi connectivity index (χ0v) is 11.9. The highest BCUT2D eigenvalue weighted by molar-refractivity contribution is 5.33. The number of likely N-dealkylation sites (tertiary alicyclic amines) is 1. The van der Waals surface area contributed by atoms with Crippen molar-refractivity contribution in [2.45, 2.75) is 25.8 Å². The van der Waals surface area contributed by atoms with Crippen LogP contribution in [0.1, 0.15) is 36.9 Å². The van der Waals surface area contributed by atoms with Crippen LogP contribution in [0.2, 0.25) is 0 Å². The van der Waals surface area contributed by atoms with Crippen LogP contribution in [0.25, 0.3) is 0 Å². The molecule has 0 spiro atoms. The topological polar surface area (TPSA) is 39.1 Å². The lowest BCUT2D eigenvalue weighted by Gasteiger charge is -2.30. The van der Waals surface area contributed by atoms with Gasteiger partial charge >= 0.3 is 0 Å². The lowest BCUT2D eigenvalue weighted by atomic mass is 9.96. The van der Waals surface area contributed by atoms with E-state index in [1.54, 1.807) is 0 Å². The molecule has 19 heavy (non-hydrogen) atoms. The summed E-state index contributed by atoms with van der Waals surface area (Å²) >= 11 is 0. The van der Waals surface area contributed by atoms with E-state index in [0.717, 1.165) is 18.0 Å². The summed E-state index contributed by atoms with van der Waals surface area (Å²) in [7, 11) is 2.19. The Kier molecular flexibility index (Phi) is 4.95. The van der Waals surface area contributed by atoms with E-state index in [4.69, 9.17) is 5.26 Å². The molecule has 1 aromatic carbocycles. The molecule has 1 unspecified atom stereocenters. The average Bonchev–Trinajstić information content (AvgIpc) is 2.46. The monoisotopic (exact) mass is 257 g/mol. The Balaban J connectivity index is 1.84. The Labute approximate surface area is 116 Å². The summed E-state index contributed by atoms with van der Waals surface area (Å²) < 4.78 is 0. The first-order valence-electron chi connectivity index (χ1n) is 7.11. The van der Waals surface area contributed by atoms with Crippen molar-refractivity contribution in [3.8, 4) is 6.07 Å². The minimum atomic E-state index is 0.313. The fraction of sp³-hybridized carbons (Fsp3) is 0.562. The average molecular weight is 257 g/mol. The van der Waals surface area contributed by atoms with E-state index in [-0.39, 0.29) is 0 Å². The van der Waals surface area contributed by atoms with Crippen molar-refractivity contribution in [2.75, 3.05) is 26.7 Å². The maximum absolute atomic E-state index is 8.93. The number of nitrogens with zero attached hydrogens (tertiary/aromatic N) is 2. The van der Waals surface area contributed by atoms with Gasteiger partial charge in [0.1, 0.15) is 0 Å². The molecule has 0 amide bonds. The number of hydrogen-bond acceptors (Lipinski definition) is 3. The molecule has 2 rings (SSSR count). The van der Waals surface area contributed by atoms with E-state index in [1.807, 2.05) is 18.2 Å². The van der Waals surface area contributed by atoms with E-state index >= 15 is 0 Å². The molecule has 1 fully saturated rings. The fourth-order valence-corrected chi connectivity index (χ4v) is 2.61. The van der Waals surface area contributed by atoms with Gasteiger partial charge < -0.3 is 10.2 Å². The SMILES string of the molecule is CC(NCC1CCN(C)CC1)c1cccc(C#N)c1. The molecule has 0 aliphatic carbocycles. The highest BCUT2D eigenvalue weighted by Gasteiger charge is 2.17. The van der Waals surface area contributed by atoms with Gasteiger partial charge in [0, 0.05) is 6.04 Å². The van der Waals surface area contributed by atoms with E-state index < -0.39 is 0 Å². The zero-order valence-electron chi connectivity index (χ0n) is 11.9. The van der Waals surface area contributed by atoms with Crippen molar-refractivity contribution in [1.29, 1.82) is 5.26 Å². The van der Waals surface area contributed by atoms with Crippen molar-refractivity contribution in [1.82, 2.24) is 10.2 Å². The van der Waals surface area contributed by atoms with Gasteiger partial charge in [-0.05, 0) is 70.1 Å². The third-order valence-electron chi connectivity index (χ3n) is 4.07. The Morgan fingerprint density at radius 3 is 2.84 bits per heavy atom. The second-order valence-corrected chi connectivity index (χ2v) is 5.61. The number of nitriles is 1. The standard InChI is InChI=1S/C16H23N3/c1-13(16-5-3-4-15(10-16)11-17)18-12-14-6-8-19(2)9-7-14/h3-5,10,13-14,18H,6-9,12H2,1-2H3. The largest absolute Gasteiger partial charge is 0.310 e. The Hall–Kier alpha value is -1.37. The van der Waals surface area contributed by atoms with Gasteiger partial charge in [-0.3, -0.25) is 0 Å². The highest BCUT2D eigenvalue weighted by Crippen LogP contribution is 2.18. The molecule has 1 N–H and O–H groups in total. The van der Waals surface area contributed by atoms with Crippen LogP contribution in [0.5, 0.6) is 0 Å². The molecule has 1 saturated heterocycles. The predicted octanol–water partition coefficient (Wildman–Crippen LogP) is 2.55. The highest BCUT2D eigenvalue weighted by atomic mass is 15.1. The number of benzene rings is 1. The molecule has 0 bridgehead atoms. The molecule has 1 atom stereocenters. The van der Waals surface area contributed by atoms with Crippen molar-refractivity contribution in [3.63, 3.8) is 0 Å². The molecule has 1 aliphatic heterocycles. The smallest absolute Gasteiger partial charge is 0.0991 e. The lowest BCUT2D eigenvalue weighted by Crippen LogP contribution is -2.35. The number of piperidine rings is 1. The van der Waals surface area contributed by atoms with Gasteiger partial charge in [0.25, 0.3) is 0 Å². The number of nitrogens with one attached hydrogen (secondary N) is 1. The summed E-state index contributed by atoms with van der Waals surface area (Å²) in [6, 6.07) is 10.4. The summed E-state index contributed by atoms with van der Waals surface area (Å²) in [4.78, 5) is 2.40. The molecular weight excluding hydrogens is 234 g/mol. The number of rotatable bonds is 4. The van der Waals surface area contributed by atoms with Crippen LogP contribution in [0.15, 0.2) is 24.3 Å². The molecule has 1 heterocycles. The fourth-order valence-electron chi connectivity index (χ4n) is 2.61. The van der Waals surface area contributed by atoms with Gasteiger partial charge in [0.05, 0.1) is 11.6 Å². The van der Waals surface area contributed by atoms with E-state index in [0.29, 0.717) is 6.04 Å². The Morgan fingerprint density at radius 1 is 1.42 bits per heavy atom. The third kappa shape index (κ3) is 4.05. The quantitative estimate of drug-likeness (QED) is 0.901. The number of hydrogen-bond donors (Lipinski definition) is 1. The van der Waals surface area contributed by atoms with Crippen molar-refractivity contribution >= 4 is 0 Å². The van der Waals surface area contributed by atoms with Crippen molar-refractivity contribution < 1.29 is 0 Å². The minimum absolute atomic E-state index is 0.313. The van der Waals surface area contributed by atoms with Crippen LogP contribution in [0, 0.1) is 17.2 Å². The summed E-state index contributed by atoms with van der Waals surface area (Å²) in [5, 5.41) is 12.5. The van der Waals surface area contributed by atoms with Crippen LogP contribution >= 0.6 is 0 Å². The van der Waals surface area contributed by atoms with E-state index in [2.05, 4.69) is 36.3 Å². The second-order valence-electron chi connectivity index (χ2n) is 5.61. The Bertz CT molecular complexity index is 442. The van der Waals surface area contributed by atoms with Gasteiger partial charge in [-0.2, -0.15) is 5.26 Å². The van der Waals surface area contributed by atoms with Gasteiger partial charge in [0.15, 0.2) is 0 Å². The van der Waals surface area contributed by atoms with Crippen LogP contribution in [0.3, 0.4) is 0 Å². The molecule has 0 saturated carbocycles. The molecule has 102 valence electrons. The van der Waals surface area contributed by atoms with Crippen molar-refractivity contribution in [3.05, 3.63) is 35.4 Å². The molecule has 3 nitrogen and oxygen atoms in total. The summed E-state index contributed by atoms with van der Waals surface area (Å²) in [6.45, 7) is 5.67. The summed E-state index contributed by atoms with van der Waals surface area (Å²) in [5.41, 5.74) is 1.94. The van der Waals surface area contributed by atoms with Gasteiger partial charge in [-0.25, -0.2) is 0 Å². The molecule has 3 heteroatoms. The first-order valence-corrected chi connectivity index (χ1v) is 7.11. The van der Waals surface area contributed by atoms with Gasteiger partial charge in [-0.15, -0.1) is 0 Å². The van der Waals surface area contributed by atoms with Crippen LogP contribution in [-0.4, -0.2) is 31.6 Å². The lowest BCUT2D eigenvalue weighted by molar-refractivity contribution is 0.213. The van der Waals surface area contributed by atoms with E-state index in [9.17, 15) is 0 Å². The zero-order chi connectivity index (χ0) is 13.7. The van der Waals surface area contributed by atoms with Gasteiger partial charge in [-0.1, -0.05) is 12.1 Å². The van der Waals surface area contributed by atoms with E-state index in [1.165, 1.54) is 31.5 Å². The summed E-state index contributed by atoms with van der Waals surface area (Å²) in [6.07, 6.45) is 2.57. The summed E-state index contributed by atoms with van der Waals surface area (Å²) in [5.74, 6) is 0.790. The first-order chi connectivity index (χ1) is 9.19. The minimum Gasteiger partial charge on any atom is -0.310 e.